The van der Waals surface area contributed by atoms with E-state index in [1.165, 1.54) is 11.3 Å². The Kier molecular flexibility index (Phi) is 4.84. The maximum atomic E-state index is 12.4. The van der Waals surface area contributed by atoms with Gasteiger partial charge >= 0.3 is 6.03 Å². The summed E-state index contributed by atoms with van der Waals surface area (Å²) in [6, 6.07) is 2.84. The second kappa shape index (κ2) is 7.04. The number of aromatic nitrogens is 2. The van der Waals surface area contributed by atoms with E-state index in [1.54, 1.807) is 0 Å². The Morgan fingerprint density at radius 3 is 3.08 bits per heavy atom. The van der Waals surface area contributed by atoms with Gasteiger partial charge in [0.15, 0.2) is 0 Å². The molecule has 0 aliphatic carbocycles. The summed E-state index contributed by atoms with van der Waals surface area (Å²) in [5.41, 5.74) is 6.23. The summed E-state index contributed by atoms with van der Waals surface area (Å²) in [5, 5.41) is 7.61. The molecule has 2 aromatic rings. The van der Waals surface area contributed by atoms with Gasteiger partial charge < -0.3 is 20.9 Å². The van der Waals surface area contributed by atoms with Crippen molar-refractivity contribution in [2.75, 3.05) is 0 Å². The molecule has 2 atom stereocenters. The number of primary amides is 1. The molecule has 0 aromatic carbocycles. The molecule has 3 amide bonds. The Bertz CT molecular complexity index is 725. The summed E-state index contributed by atoms with van der Waals surface area (Å²) in [4.78, 5) is 29.0. The first-order chi connectivity index (χ1) is 11.5. The third-order valence-corrected chi connectivity index (χ3v) is 5.06. The Labute approximate surface area is 144 Å². The highest BCUT2D eigenvalue weighted by Crippen LogP contribution is 2.22. The first-order valence-corrected chi connectivity index (χ1v) is 8.80. The Balaban J connectivity index is 1.59. The van der Waals surface area contributed by atoms with Crippen molar-refractivity contribution in [1.29, 1.82) is 0 Å². The number of amides is 3. The number of nitrogens with two attached hydrogens (primary N) is 1. The Morgan fingerprint density at radius 2 is 2.38 bits per heavy atom. The number of hydrogen-bond acceptors (Lipinski definition) is 4. The molecule has 3 rings (SSSR count). The van der Waals surface area contributed by atoms with Gasteiger partial charge in [0.25, 0.3) is 0 Å². The van der Waals surface area contributed by atoms with Gasteiger partial charge in [-0.1, -0.05) is 6.07 Å². The minimum atomic E-state index is -0.627. The first kappa shape index (κ1) is 16.5. The highest BCUT2D eigenvalue weighted by Gasteiger charge is 2.24. The number of hydrogen-bond donors (Lipinski definition) is 3. The van der Waals surface area contributed by atoms with Crippen LogP contribution in [0.25, 0.3) is 0 Å². The van der Waals surface area contributed by atoms with Gasteiger partial charge in [0.05, 0.1) is 18.2 Å². The molecular weight excluding hydrogens is 326 g/mol. The topological polar surface area (TPSA) is 102 Å². The number of nitrogens with zero attached hydrogens (tertiary/aromatic N) is 2. The maximum absolute atomic E-state index is 12.4. The molecule has 24 heavy (non-hydrogen) atoms. The minimum Gasteiger partial charge on any atom is -0.352 e. The van der Waals surface area contributed by atoms with Gasteiger partial charge in [-0.25, -0.2) is 9.78 Å². The van der Waals surface area contributed by atoms with Crippen LogP contribution in [0, 0.1) is 6.92 Å². The van der Waals surface area contributed by atoms with E-state index in [2.05, 4.69) is 20.2 Å². The first-order valence-electron chi connectivity index (χ1n) is 7.92. The van der Waals surface area contributed by atoms with Gasteiger partial charge in [0.1, 0.15) is 5.82 Å². The molecule has 2 aromatic heterocycles. The second-order valence-corrected chi connectivity index (χ2v) is 7.01. The Morgan fingerprint density at radius 1 is 1.54 bits per heavy atom. The molecule has 1 aliphatic rings. The molecule has 128 valence electrons. The zero-order valence-electron chi connectivity index (χ0n) is 13.5. The predicted molar refractivity (Wildman–Crippen MR) is 91.6 cm³/mol. The predicted octanol–water partition coefficient (Wildman–Crippen LogP) is 1.48. The summed E-state index contributed by atoms with van der Waals surface area (Å²) in [6.45, 7) is 2.70. The van der Waals surface area contributed by atoms with Crippen LogP contribution in [0.15, 0.2) is 23.7 Å². The molecule has 3 heterocycles. The average molecular weight is 347 g/mol. The van der Waals surface area contributed by atoms with Crippen LogP contribution in [0.4, 0.5) is 4.79 Å². The van der Waals surface area contributed by atoms with Crippen molar-refractivity contribution < 1.29 is 9.59 Å². The van der Waals surface area contributed by atoms with Crippen LogP contribution in [-0.4, -0.2) is 27.5 Å². The van der Waals surface area contributed by atoms with Crippen LogP contribution in [0.3, 0.4) is 0 Å². The molecule has 8 heteroatoms. The highest BCUT2D eigenvalue weighted by atomic mass is 32.1. The highest BCUT2D eigenvalue weighted by molar-refractivity contribution is 7.10. The number of imidazole rings is 1. The number of carbonyl (C=O) groups excluding carboxylic acids is 2. The molecule has 0 bridgehead atoms. The van der Waals surface area contributed by atoms with Crippen molar-refractivity contribution in [1.82, 2.24) is 20.2 Å². The second-order valence-electron chi connectivity index (χ2n) is 6.03. The summed E-state index contributed by atoms with van der Waals surface area (Å²) in [5.74, 6) is 0.984. The van der Waals surface area contributed by atoms with Gasteiger partial charge in [-0.15, -0.1) is 11.3 Å². The third kappa shape index (κ3) is 3.94. The van der Waals surface area contributed by atoms with Crippen molar-refractivity contribution in [2.45, 2.75) is 44.8 Å². The quantitative estimate of drug-likeness (QED) is 0.763. The molecule has 4 N–H and O–H groups in total. The van der Waals surface area contributed by atoms with Gasteiger partial charge in [0.2, 0.25) is 5.91 Å². The zero-order valence-corrected chi connectivity index (χ0v) is 14.3. The van der Waals surface area contributed by atoms with Gasteiger partial charge in [-0.05, 0) is 24.8 Å². The van der Waals surface area contributed by atoms with E-state index in [0.29, 0.717) is 0 Å². The minimum absolute atomic E-state index is 0.0798. The van der Waals surface area contributed by atoms with Gasteiger partial charge in [-0.3, -0.25) is 4.79 Å². The van der Waals surface area contributed by atoms with Gasteiger partial charge in [-0.2, -0.15) is 0 Å². The molecule has 0 saturated carbocycles. The summed E-state index contributed by atoms with van der Waals surface area (Å²) >= 11 is 1.49. The van der Waals surface area contributed by atoms with Crippen LogP contribution in [0.1, 0.15) is 35.3 Å². The van der Waals surface area contributed by atoms with Crippen LogP contribution >= 0.6 is 11.3 Å². The van der Waals surface area contributed by atoms with Crippen molar-refractivity contribution in [3.63, 3.8) is 0 Å². The standard InChI is InChI=1S/C16H21N5O2S/c1-10-8-21-9-11(4-5-14(21)18-10)19-15(22)7-12(20-16(17)23)13-3-2-6-24-13/h2-3,6,8,11-12H,4-5,7,9H2,1H3,(H,19,22)(H3,17,20,23). The number of urea groups is 1. The fourth-order valence-electron chi connectivity index (χ4n) is 3.06. The zero-order chi connectivity index (χ0) is 17.1. The molecule has 0 spiro atoms. The van der Waals surface area contributed by atoms with E-state index in [-0.39, 0.29) is 18.4 Å². The lowest BCUT2D eigenvalue weighted by Crippen LogP contribution is -2.43. The fraction of sp³-hybridized carbons (Fsp3) is 0.438. The van der Waals surface area contributed by atoms with Crippen molar-refractivity contribution in [3.8, 4) is 0 Å². The molecule has 0 fully saturated rings. The molecule has 0 radical (unpaired) electrons. The monoisotopic (exact) mass is 347 g/mol. The molecular formula is C16H21N5O2S. The van der Waals surface area contributed by atoms with E-state index in [1.807, 2.05) is 30.6 Å². The van der Waals surface area contributed by atoms with Crippen LogP contribution < -0.4 is 16.4 Å². The van der Waals surface area contributed by atoms with Crippen LogP contribution in [-0.2, 0) is 17.8 Å². The maximum Gasteiger partial charge on any atom is 0.312 e. The smallest absolute Gasteiger partial charge is 0.312 e. The summed E-state index contributed by atoms with van der Waals surface area (Å²) < 4.78 is 2.10. The van der Waals surface area contributed by atoms with E-state index in [4.69, 9.17) is 5.73 Å². The number of fused-ring (bicyclic) bond motifs is 1. The lowest BCUT2D eigenvalue weighted by atomic mass is 10.1. The molecule has 0 saturated heterocycles. The van der Waals surface area contributed by atoms with E-state index in [9.17, 15) is 9.59 Å². The fourth-order valence-corrected chi connectivity index (χ4v) is 3.84. The lowest BCUT2D eigenvalue weighted by Gasteiger charge is -2.25. The van der Waals surface area contributed by atoms with Crippen molar-refractivity contribution in [2.24, 2.45) is 5.73 Å². The SMILES string of the molecule is Cc1cn2c(n1)CCC(NC(=O)CC(NC(N)=O)c1cccs1)C2. The van der Waals surface area contributed by atoms with Gasteiger partial charge in [0, 0.05) is 30.1 Å². The number of nitrogens with one attached hydrogen (secondary N) is 2. The third-order valence-electron chi connectivity index (χ3n) is 4.07. The summed E-state index contributed by atoms with van der Waals surface area (Å²) in [6.07, 6.45) is 3.91. The molecule has 2 unspecified atom stereocenters. The Hall–Kier alpha value is -2.35. The van der Waals surface area contributed by atoms with Crippen LogP contribution in [0.2, 0.25) is 0 Å². The van der Waals surface area contributed by atoms with Crippen molar-refractivity contribution >= 4 is 23.3 Å². The number of rotatable bonds is 5. The van der Waals surface area contributed by atoms with Crippen molar-refractivity contribution in [3.05, 3.63) is 40.1 Å². The number of carbonyl (C=O) groups is 2. The van der Waals surface area contributed by atoms with E-state index < -0.39 is 12.1 Å². The van der Waals surface area contributed by atoms with E-state index >= 15 is 0 Å². The summed E-state index contributed by atoms with van der Waals surface area (Å²) in [7, 11) is 0. The number of thiophene rings is 1. The number of aryl methyl sites for hydroxylation is 2. The normalized spacial score (nSPS) is 17.8. The van der Waals surface area contributed by atoms with E-state index in [0.717, 1.165) is 35.8 Å². The molecule has 1 aliphatic heterocycles. The largest absolute Gasteiger partial charge is 0.352 e. The molecule has 7 nitrogen and oxygen atoms in total. The lowest BCUT2D eigenvalue weighted by molar-refractivity contribution is -0.122. The van der Waals surface area contributed by atoms with Crippen LogP contribution in [0.5, 0.6) is 0 Å². The average Bonchev–Trinajstić information content (AvgIpc) is 3.13.